The molecule has 2 aromatic rings. The van der Waals surface area contributed by atoms with Gasteiger partial charge in [0.1, 0.15) is 0 Å². The lowest BCUT2D eigenvalue weighted by atomic mass is 10.2. The van der Waals surface area contributed by atoms with Crippen LogP contribution in [0.25, 0.3) is 11.4 Å². The summed E-state index contributed by atoms with van der Waals surface area (Å²) < 4.78 is 11.0. The van der Waals surface area contributed by atoms with Crippen molar-refractivity contribution in [3.63, 3.8) is 0 Å². The average Bonchev–Trinajstić information content (AvgIpc) is 3.39. The molecule has 0 spiro atoms. The molecule has 8 heteroatoms. The van der Waals surface area contributed by atoms with E-state index in [0.717, 1.165) is 51.3 Å². The van der Waals surface area contributed by atoms with E-state index in [2.05, 4.69) is 15.0 Å². The Morgan fingerprint density at radius 3 is 2.68 bits per heavy atom. The number of piperazine rings is 1. The molecule has 2 aliphatic heterocycles. The van der Waals surface area contributed by atoms with Gasteiger partial charge < -0.3 is 14.2 Å². The number of ether oxygens (including phenoxy) is 1. The first-order chi connectivity index (χ1) is 13.7. The topological polar surface area (TPSA) is 71.7 Å². The number of carbonyl (C=O) groups excluding carboxylic acids is 1. The van der Waals surface area contributed by atoms with Crippen LogP contribution in [0.5, 0.6) is 0 Å². The molecule has 3 heterocycles. The summed E-state index contributed by atoms with van der Waals surface area (Å²) >= 11 is 5.90. The highest BCUT2D eigenvalue weighted by Gasteiger charge is 2.25. The maximum Gasteiger partial charge on any atom is 0.227 e. The van der Waals surface area contributed by atoms with Crippen molar-refractivity contribution in [2.75, 3.05) is 39.3 Å². The van der Waals surface area contributed by atoms with Gasteiger partial charge in [0.2, 0.25) is 17.6 Å². The fraction of sp³-hybridized carbons (Fsp3) is 0.550. The van der Waals surface area contributed by atoms with Crippen molar-refractivity contribution in [3.8, 4) is 11.4 Å². The normalized spacial score (nSPS) is 20.6. The molecule has 2 aliphatic rings. The van der Waals surface area contributed by atoms with Crippen molar-refractivity contribution in [2.45, 2.75) is 31.8 Å². The van der Waals surface area contributed by atoms with Crippen LogP contribution in [0.3, 0.4) is 0 Å². The Bertz CT molecular complexity index is 781. The minimum atomic E-state index is 0.142. The van der Waals surface area contributed by atoms with Crippen LogP contribution in [0.4, 0.5) is 0 Å². The number of carbonyl (C=O) groups is 1. The van der Waals surface area contributed by atoms with Crippen molar-refractivity contribution in [2.24, 2.45) is 0 Å². The van der Waals surface area contributed by atoms with Gasteiger partial charge in [0, 0.05) is 62.8 Å². The zero-order valence-corrected chi connectivity index (χ0v) is 16.6. The molecule has 1 aromatic carbocycles. The smallest absolute Gasteiger partial charge is 0.227 e. The average molecular weight is 405 g/mol. The third-order valence-electron chi connectivity index (χ3n) is 5.33. The van der Waals surface area contributed by atoms with Gasteiger partial charge in [-0.25, -0.2) is 0 Å². The van der Waals surface area contributed by atoms with Gasteiger partial charge in [-0.1, -0.05) is 16.8 Å². The van der Waals surface area contributed by atoms with Crippen molar-refractivity contribution in [1.29, 1.82) is 0 Å². The Balaban J connectivity index is 1.22. The standard InChI is InChI=1S/C20H25ClN4O3/c21-16-5-3-15(4-6-16)20-22-18(28-23-20)7-8-19(26)25-11-9-24(10-12-25)14-17-2-1-13-27-17/h3-6,17H,1-2,7-14H2. The second-order valence-electron chi connectivity index (χ2n) is 7.34. The zero-order valence-electron chi connectivity index (χ0n) is 15.8. The summed E-state index contributed by atoms with van der Waals surface area (Å²) in [6.45, 7) is 5.23. The molecule has 0 bridgehead atoms. The first-order valence-electron chi connectivity index (χ1n) is 9.87. The molecular weight excluding hydrogens is 380 g/mol. The molecule has 2 saturated heterocycles. The van der Waals surface area contributed by atoms with Crippen LogP contribution in [0, 0.1) is 0 Å². The Morgan fingerprint density at radius 1 is 1.18 bits per heavy atom. The molecule has 1 unspecified atom stereocenters. The van der Waals surface area contributed by atoms with Crippen LogP contribution in [-0.2, 0) is 16.0 Å². The minimum Gasteiger partial charge on any atom is -0.377 e. The van der Waals surface area contributed by atoms with E-state index in [9.17, 15) is 4.79 Å². The number of aryl methyl sites for hydroxylation is 1. The highest BCUT2D eigenvalue weighted by molar-refractivity contribution is 6.30. The van der Waals surface area contributed by atoms with Crippen molar-refractivity contribution in [1.82, 2.24) is 19.9 Å². The molecular formula is C20H25ClN4O3. The van der Waals surface area contributed by atoms with E-state index in [0.29, 0.717) is 35.7 Å². The summed E-state index contributed by atoms with van der Waals surface area (Å²) in [7, 11) is 0. The quantitative estimate of drug-likeness (QED) is 0.737. The number of hydrogen-bond donors (Lipinski definition) is 0. The fourth-order valence-electron chi connectivity index (χ4n) is 3.70. The summed E-state index contributed by atoms with van der Waals surface area (Å²) in [6.07, 6.45) is 3.53. The predicted molar refractivity (Wildman–Crippen MR) is 105 cm³/mol. The Hall–Kier alpha value is -1.96. The first kappa shape index (κ1) is 19.4. The van der Waals surface area contributed by atoms with Gasteiger partial charge in [0.05, 0.1) is 6.10 Å². The molecule has 2 fully saturated rings. The molecule has 0 aliphatic carbocycles. The summed E-state index contributed by atoms with van der Waals surface area (Å²) in [6, 6.07) is 7.26. The van der Waals surface area contributed by atoms with Gasteiger partial charge >= 0.3 is 0 Å². The van der Waals surface area contributed by atoms with Crippen LogP contribution in [-0.4, -0.2) is 71.3 Å². The number of hydrogen-bond acceptors (Lipinski definition) is 6. The number of amides is 1. The summed E-state index contributed by atoms with van der Waals surface area (Å²) in [5.41, 5.74) is 0.841. The third-order valence-corrected chi connectivity index (χ3v) is 5.59. The van der Waals surface area contributed by atoms with Gasteiger partial charge in [-0.2, -0.15) is 4.98 Å². The van der Waals surface area contributed by atoms with Crippen LogP contribution in [0.2, 0.25) is 5.02 Å². The predicted octanol–water partition coefficient (Wildman–Crippen LogP) is 2.65. The van der Waals surface area contributed by atoms with Gasteiger partial charge in [-0.05, 0) is 37.1 Å². The lowest BCUT2D eigenvalue weighted by Gasteiger charge is -2.35. The van der Waals surface area contributed by atoms with Crippen molar-refractivity contribution in [3.05, 3.63) is 35.2 Å². The Labute approximate surface area is 169 Å². The molecule has 1 amide bonds. The van der Waals surface area contributed by atoms with E-state index in [1.54, 1.807) is 12.1 Å². The second-order valence-corrected chi connectivity index (χ2v) is 7.77. The van der Waals surface area contributed by atoms with Crippen LogP contribution in [0.15, 0.2) is 28.8 Å². The third kappa shape index (κ3) is 4.90. The highest BCUT2D eigenvalue weighted by atomic mass is 35.5. The zero-order chi connectivity index (χ0) is 19.3. The number of nitrogens with zero attached hydrogens (tertiary/aromatic N) is 4. The summed E-state index contributed by atoms with van der Waals surface area (Å²) in [4.78, 5) is 21.2. The van der Waals surface area contributed by atoms with Gasteiger partial charge in [-0.3, -0.25) is 9.69 Å². The van der Waals surface area contributed by atoms with Gasteiger partial charge in [-0.15, -0.1) is 0 Å². The molecule has 7 nitrogen and oxygen atoms in total. The van der Waals surface area contributed by atoms with E-state index in [1.807, 2.05) is 17.0 Å². The largest absolute Gasteiger partial charge is 0.377 e. The summed E-state index contributed by atoms with van der Waals surface area (Å²) in [5.74, 6) is 1.14. The highest BCUT2D eigenvalue weighted by Crippen LogP contribution is 2.19. The lowest BCUT2D eigenvalue weighted by molar-refractivity contribution is -0.133. The monoisotopic (exact) mass is 404 g/mol. The van der Waals surface area contributed by atoms with Crippen LogP contribution < -0.4 is 0 Å². The maximum atomic E-state index is 12.5. The fourth-order valence-corrected chi connectivity index (χ4v) is 3.83. The van der Waals surface area contributed by atoms with Crippen molar-refractivity contribution < 1.29 is 14.1 Å². The lowest BCUT2D eigenvalue weighted by Crippen LogP contribution is -2.50. The molecule has 0 N–H and O–H groups in total. The maximum absolute atomic E-state index is 12.5. The molecule has 1 atom stereocenters. The molecule has 1 aromatic heterocycles. The van der Waals surface area contributed by atoms with Crippen LogP contribution in [0.1, 0.15) is 25.2 Å². The Kier molecular flexibility index (Phi) is 6.24. The van der Waals surface area contributed by atoms with E-state index >= 15 is 0 Å². The number of benzene rings is 1. The minimum absolute atomic E-state index is 0.142. The molecule has 28 heavy (non-hydrogen) atoms. The number of halogens is 1. The molecule has 4 rings (SSSR count). The first-order valence-corrected chi connectivity index (χ1v) is 10.3. The summed E-state index contributed by atoms with van der Waals surface area (Å²) in [5, 5.41) is 4.65. The van der Waals surface area contributed by atoms with Crippen LogP contribution >= 0.6 is 11.6 Å². The van der Waals surface area contributed by atoms with E-state index < -0.39 is 0 Å². The molecule has 0 radical (unpaired) electrons. The number of aromatic nitrogens is 2. The van der Waals surface area contributed by atoms with E-state index in [4.69, 9.17) is 20.9 Å². The molecule has 0 saturated carbocycles. The second kappa shape index (κ2) is 9.03. The van der Waals surface area contributed by atoms with Gasteiger partial charge in [0.25, 0.3) is 0 Å². The number of rotatable bonds is 6. The van der Waals surface area contributed by atoms with Crippen molar-refractivity contribution >= 4 is 17.5 Å². The molecule has 150 valence electrons. The Morgan fingerprint density at radius 2 is 1.96 bits per heavy atom. The van der Waals surface area contributed by atoms with Gasteiger partial charge in [0.15, 0.2) is 0 Å². The SMILES string of the molecule is O=C(CCc1nc(-c2ccc(Cl)cc2)no1)N1CCN(CC2CCCO2)CC1. The van der Waals surface area contributed by atoms with E-state index in [1.165, 1.54) is 6.42 Å². The van der Waals surface area contributed by atoms with E-state index in [-0.39, 0.29) is 5.91 Å².